The molecule has 0 fully saturated rings. The molecule has 0 atom stereocenters. The third-order valence-electron chi connectivity index (χ3n) is 3.19. The van der Waals surface area contributed by atoms with Crippen molar-refractivity contribution < 1.29 is 19.0 Å². The zero-order valence-electron chi connectivity index (χ0n) is 13.9. The molecule has 2 rings (SSSR count). The second-order valence-electron chi connectivity index (χ2n) is 4.92. The van der Waals surface area contributed by atoms with Crippen LogP contribution in [0.1, 0.15) is 11.1 Å². The van der Waals surface area contributed by atoms with Crippen LogP contribution in [-0.2, 0) is 11.3 Å². The van der Waals surface area contributed by atoms with Gasteiger partial charge in [-0.2, -0.15) is 5.10 Å². The van der Waals surface area contributed by atoms with E-state index in [-0.39, 0.29) is 6.61 Å². The zero-order chi connectivity index (χ0) is 19.1. The molecule has 2 aromatic carbocycles. The Kier molecular flexibility index (Phi) is 7.56. The van der Waals surface area contributed by atoms with E-state index in [1.54, 1.807) is 30.3 Å². The first-order valence-corrected chi connectivity index (χ1v) is 8.80. The van der Waals surface area contributed by atoms with Gasteiger partial charge in [0.2, 0.25) is 0 Å². The van der Waals surface area contributed by atoms with E-state index >= 15 is 0 Å². The van der Waals surface area contributed by atoms with E-state index in [1.807, 2.05) is 0 Å². The highest BCUT2D eigenvalue weighted by Gasteiger charge is 2.12. The van der Waals surface area contributed by atoms with Gasteiger partial charge in [-0.1, -0.05) is 29.3 Å². The van der Waals surface area contributed by atoms with Gasteiger partial charge >= 0.3 is 6.09 Å². The summed E-state index contributed by atoms with van der Waals surface area (Å²) in [7, 11) is 2.78. The number of carbonyl (C=O) groups is 1. The molecule has 0 aliphatic heterocycles. The highest BCUT2D eigenvalue weighted by molar-refractivity contribution is 9.10. The van der Waals surface area contributed by atoms with E-state index in [9.17, 15) is 4.79 Å². The summed E-state index contributed by atoms with van der Waals surface area (Å²) >= 11 is 15.5. The van der Waals surface area contributed by atoms with E-state index in [0.717, 1.165) is 5.56 Å². The molecule has 26 heavy (non-hydrogen) atoms. The summed E-state index contributed by atoms with van der Waals surface area (Å²) in [6.45, 7) is 0.238. The molecule has 1 amide bonds. The van der Waals surface area contributed by atoms with Gasteiger partial charge in [0.1, 0.15) is 6.61 Å². The number of amides is 1. The van der Waals surface area contributed by atoms with Gasteiger partial charge in [-0.25, -0.2) is 10.2 Å². The molecule has 0 spiro atoms. The lowest BCUT2D eigenvalue weighted by atomic mass is 10.2. The van der Waals surface area contributed by atoms with Crippen LogP contribution in [0.4, 0.5) is 4.79 Å². The fraction of sp³-hybridized carbons (Fsp3) is 0.176. The second-order valence-corrected chi connectivity index (χ2v) is 6.62. The number of methoxy groups -OCH3 is 2. The molecule has 0 unspecified atom stereocenters. The predicted molar refractivity (Wildman–Crippen MR) is 105 cm³/mol. The lowest BCUT2D eigenvalue weighted by molar-refractivity contribution is 0.171. The van der Waals surface area contributed by atoms with Crippen molar-refractivity contribution >= 4 is 51.4 Å². The largest absolute Gasteiger partial charge is 0.493 e. The molecular weight excluding hydrogens is 447 g/mol. The Hall–Kier alpha value is -1.96. The van der Waals surface area contributed by atoms with Crippen LogP contribution in [0.5, 0.6) is 11.5 Å². The van der Waals surface area contributed by atoms with Crippen LogP contribution in [0.25, 0.3) is 0 Å². The average molecular weight is 462 g/mol. The number of carbonyl (C=O) groups excluding carboxylic acids is 1. The maximum absolute atomic E-state index is 11.0. The average Bonchev–Trinajstić information content (AvgIpc) is 2.61. The maximum Gasteiger partial charge on any atom is 0.427 e. The fourth-order valence-electron chi connectivity index (χ4n) is 1.95. The minimum Gasteiger partial charge on any atom is -0.493 e. The molecule has 0 bridgehead atoms. The number of benzene rings is 2. The van der Waals surface area contributed by atoms with E-state index in [1.165, 1.54) is 20.4 Å². The van der Waals surface area contributed by atoms with Crippen LogP contribution in [0, 0.1) is 0 Å². The summed E-state index contributed by atoms with van der Waals surface area (Å²) in [6, 6.07) is 8.68. The molecule has 0 saturated carbocycles. The Balaban J connectivity index is 2.17. The van der Waals surface area contributed by atoms with Crippen LogP contribution in [-0.4, -0.2) is 26.5 Å². The van der Waals surface area contributed by atoms with Crippen LogP contribution < -0.4 is 14.9 Å². The van der Waals surface area contributed by atoms with Crippen molar-refractivity contribution in [2.24, 2.45) is 5.10 Å². The highest BCUT2D eigenvalue weighted by atomic mass is 79.9. The minimum absolute atomic E-state index is 0.238. The summed E-state index contributed by atoms with van der Waals surface area (Å²) in [5, 5.41) is 4.85. The first kappa shape index (κ1) is 20.4. The molecule has 0 aliphatic carbocycles. The molecule has 138 valence electrons. The normalized spacial score (nSPS) is 10.7. The van der Waals surface area contributed by atoms with E-state index in [2.05, 4.69) is 31.2 Å². The van der Waals surface area contributed by atoms with Crippen molar-refractivity contribution in [3.63, 3.8) is 0 Å². The Morgan fingerprint density at radius 3 is 2.69 bits per heavy atom. The summed E-state index contributed by atoms with van der Waals surface area (Å²) in [5.41, 5.74) is 3.68. The molecule has 0 heterocycles. The highest BCUT2D eigenvalue weighted by Crippen LogP contribution is 2.37. The molecular formula is C17H15BrCl2N2O4. The van der Waals surface area contributed by atoms with Crippen LogP contribution >= 0.6 is 39.1 Å². The first-order valence-electron chi connectivity index (χ1n) is 7.26. The van der Waals surface area contributed by atoms with Gasteiger partial charge in [0.05, 0.1) is 24.9 Å². The Bertz CT molecular complexity index is 831. The quantitative estimate of drug-likeness (QED) is 0.483. The van der Waals surface area contributed by atoms with Crippen molar-refractivity contribution in [2.75, 3.05) is 14.2 Å². The van der Waals surface area contributed by atoms with Crippen LogP contribution in [0.3, 0.4) is 0 Å². The second kappa shape index (κ2) is 9.66. The van der Waals surface area contributed by atoms with Crippen molar-refractivity contribution in [2.45, 2.75) is 6.61 Å². The summed E-state index contributed by atoms with van der Waals surface area (Å²) < 4.78 is 16.3. The fourth-order valence-corrected chi connectivity index (χ4v) is 2.99. The van der Waals surface area contributed by atoms with Gasteiger partial charge in [-0.3, -0.25) is 0 Å². The zero-order valence-corrected chi connectivity index (χ0v) is 17.0. The smallest absolute Gasteiger partial charge is 0.427 e. The monoisotopic (exact) mass is 460 g/mol. The lowest BCUT2D eigenvalue weighted by Crippen LogP contribution is -2.16. The third-order valence-corrected chi connectivity index (χ3v) is 4.37. The molecule has 6 nitrogen and oxygen atoms in total. The van der Waals surface area contributed by atoms with Crippen molar-refractivity contribution in [3.8, 4) is 11.5 Å². The Labute approximate surface area is 169 Å². The van der Waals surface area contributed by atoms with Gasteiger partial charge in [-0.05, 0) is 45.8 Å². The van der Waals surface area contributed by atoms with Crippen molar-refractivity contribution in [1.82, 2.24) is 5.43 Å². The Morgan fingerprint density at radius 1 is 1.27 bits per heavy atom. The molecule has 1 N–H and O–H groups in total. The number of hydrogen-bond acceptors (Lipinski definition) is 5. The minimum atomic E-state index is -0.660. The number of nitrogens with zero attached hydrogens (tertiary/aromatic N) is 1. The van der Waals surface area contributed by atoms with E-state index in [4.69, 9.17) is 32.7 Å². The molecule has 0 saturated heterocycles. The van der Waals surface area contributed by atoms with Gasteiger partial charge in [0.15, 0.2) is 11.5 Å². The number of ether oxygens (including phenoxy) is 3. The molecule has 0 aliphatic rings. The van der Waals surface area contributed by atoms with Crippen molar-refractivity contribution in [1.29, 1.82) is 0 Å². The first-order chi connectivity index (χ1) is 12.4. The standard InChI is InChI=1S/C17H15BrCl2N2O4/c1-24-15-6-10(8-21-22-17(23)25-2)5-13(18)16(15)26-9-11-3-4-12(19)7-14(11)20/h3-8H,9H2,1-2H3,(H,22,23). The van der Waals surface area contributed by atoms with E-state index < -0.39 is 6.09 Å². The van der Waals surface area contributed by atoms with Gasteiger partial charge < -0.3 is 14.2 Å². The SMILES string of the molecule is COC(=O)NN=Cc1cc(Br)c(OCc2ccc(Cl)cc2Cl)c(OC)c1. The Morgan fingerprint density at radius 2 is 2.04 bits per heavy atom. The van der Waals surface area contributed by atoms with Crippen LogP contribution in [0.15, 0.2) is 39.9 Å². The molecule has 0 radical (unpaired) electrons. The number of halogens is 3. The topological polar surface area (TPSA) is 69.2 Å². The number of hydrazone groups is 1. The molecule has 2 aromatic rings. The number of rotatable bonds is 6. The van der Waals surface area contributed by atoms with Gasteiger partial charge in [0, 0.05) is 15.6 Å². The predicted octanol–water partition coefficient (Wildman–Crippen LogP) is 5.03. The number of nitrogens with one attached hydrogen (secondary N) is 1. The summed E-state index contributed by atoms with van der Waals surface area (Å²) in [5.74, 6) is 1.00. The van der Waals surface area contributed by atoms with Gasteiger partial charge in [0.25, 0.3) is 0 Å². The molecule has 0 aromatic heterocycles. The van der Waals surface area contributed by atoms with Crippen molar-refractivity contribution in [3.05, 3.63) is 56.0 Å². The van der Waals surface area contributed by atoms with Crippen LogP contribution in [0.2, 0.25) is 10.0 Å². The number of hydrogen-bond donors (Lipinski definition) is 1. The summed E-state index contributed by atoms with van der Waals surface area (Å²) in [4.78, 5) is 11.0. The van der Waals surface area contributed by atoms with E-state index in [0.29, 0.717) is 31.6 Å². The lowest BCUT2D eigenvalue weighted by Gasteiger charge is -2.14. The van der Waals surface area contributed by atoms with Gasteiger partial charge in [-0.15, -0.1) is 0 Å². The summed E-state index contributed by atoms with van der Waals surface area (Å²) in [6.07, 6.45) is 0.788. The third kappa shape index (κ3) is 5.52. The maximum atomic E-state index is 11.0. The molecule has 9 heteroatoms.